The fraction of sp³-hybridized carbons (Fsp3) is 0.448. The molecule has 3 fully saturated rings. The lowest BCUT2D eigenvalue weighted by molar-refractivity contribution is -0.136. The van der Waals surface area contributed by atoms with E-state index >= 15 is 0 Å². The van der Waals surface area contributed by atoms with Gasteiger partial charge in [0.1, 0.15) is 29.8 Å². The average molecular weight is 517 g/mol. The van der Waals surface area contributed by atoms with Crippen LogP contribution in [0.4, 0.5) is 4.39 Å². The maximum atomic E-state index is 14.1. The number of nitriles is 1. The van der Waals surface area contributed by atoms with Crippen molar-refractivity contribution in [2.75, 3.05) is 13.1 Å². The van der Waals surface area contributed by atoms with Crippen molar-refractivity contribution in [3.63, 3.8) is 0 Å². The van der Waals surface area contributed by atoms with E-state index in [1.807, 2.05) is 24.3 Å². The zero-order valence-electron chi connectivity index (χ0n) is 21.0. The van der Waals surface area contributed by atoms with Crippen LogP contribution in [0, 0.1) is 17.1 Å². The summed E-state index contributed by atoms with van der Waals surface area (Å²) < 4.78 is 20.6. The molecule has 6 rings (SSSR count). The van der Waals surface area contributed by atoms with Gasteiger partial charge in [0.2, 0.25) is 11.8 Å². The van der Waals surface area contributed by atoms with Gasteiger partial charge in [-0.25, -0.2) is 4.39 Å². The van der Waals surface area contributed by atoms with Gasteiger partial charge in [-0.2, -0.15) is 5.26 Å². The molecule has 0 aromatic heterocycles. The summed E-state index contributed by atoms with van der Waals surface area (Å²) in [6.45, 7) is 1.98. The van der Waals surface area contributed by atoms with E-state index in [4.69, 9.17) is 10.00 Å². The minimum absolute atomic E-state index is 0.0174. The molecule has 3 heterocycles. The van der Waals surface area contributed by atoms with E-state index in [0.717, 1.165) is 49.9 Å². The predicted octanol–water partition coefficient (Wildman–Crippen LogP) is 3.25. The molecule has 2 aromatic rings. The van der Waals surface area contributed by atoms with Gasteiger partial charge < -0.3 is 9.64 Å². The van der Waals surface area contributed by atoms with E-state index in [1.54, 1.807) is 17.0 Å². The van der Waals surface area contributed by atoms with E-state index in [9.17, 15) is 18.8 Å². The summed E-state index contributed by atoms with van der Waals surface area (Å²) >= 11 is 0. The normalized spacial score (nSPS) is 25.9. The zero-order valence-corrected chi connectivity index (χ0v) is 21.0. The Morgan fingerprint density at radius 1 is 1.03 bits per heavy atom. The van der Waals surface area contributed by atoms with E-state index in [-0.39, 0.29) is 41.9 Å². The summed E-state index contributed by atoms with van der Waals surface area (Å²) in [5, 5.41) is 11.3. The maximum absolute atomic E-state index is 14.1. The quantitative estimate of drug-likeness (QED) is 0.612. The predicted molar refractivity (Wildman–Crippen MR) is 135 cm³/mol. The van der Waals surface area contributed by atoms with Gasteiger partial charge in [0.15, 0.2) is 0 Å². The minimum Gasteiger partial charge on any atom is -0.489 e. The first-order valence-corrected chi connectivity index (χ1v) is 13.3. The Balaban J connectivity index is 1.11. The standard InChI is InChI=1S/C29H29FN4O4/c30-23-12-17(5-6-18(23)13-31)20-14-33(15-20)24-3-1-2-4-26(24)38-21-7-8-22-19(11-21)16-34(29(22)37)25-9-10-27(35)32-28(25)36/h5-8,11-12,20,24-26H,1-4,9-10,14-16H2,(H,32,35,36)/t24?,25?,26-/m0/s1. The SMILES string of the molecule is N#Cc1ccc(C2CN(C3CCCC[C@@H]3Oc3ccc4c(c3)CN(C3CCC(=O)NC3=O)C4=O)C2)cc1F. The lowest BCUT2D eigenvalue weighted by Gasteiger charge is -2.48. The number of likely N-dealkylation sites (tertiary alicyclic amines) is 1. The summed E-state index contributed by atoms with van der Waals surface area (Å²) in [6.07, 6.45) is 4.78. The molecule has 3 aliphatic heterocycles. The number of nitrogens with zero attached hydrogens (tertiary/aromatic N) is 3. The number of hydrogen-bond donors (Lipinski definition) is 1. The average Bonchev–Trinajstić information content (AvgIpc) is 3.19. The fourth-order valence-electron chi connectivity index (χ4n) is 6.30. The topological polar surface area (TPSA) is 103 Å². The second kappa shape index (κ2) is 9.84. The highest BCUT2D eigenvalue weighted by atomic mass is 19.1. The third-order valence-electron chi connectivity index (χ3n) is 8.41. The minimum atomic E-state index is -0.636. The van der Waals surface area contributed by atoms with Gasteiger partial charge in [0.25, 0.3) is 5.91 Å². The van der Waals surface area contributed by atoms with Crippen LogP contribution >= 0.6 is 0 Å². The molecule has 1 saturated carbocycles. The van der Waals surface area contributed by atoms with E-state index in [0.29, 0.717) is 24.3 Å². The van der Waals surface area contributed by atoms with Crippen molar-refractivity contribution in [1.82, 2.24) is 15.1 Å². The Morgan fingerprint density at radius 2 is 1.84 bits per heavy atom. The van der Waals surface area contributed by atoms with Crippen molar-refractivity contribution >= 4 is 17.7 Å². The van der Waals surface area contributed by atoms with Crippen molar-refractivity contribution < 1.29 is 23.5 Å². The van der Waals surface area contributed by atoms with Crippen LogP contribution in [0.2, 0.25) is 0 Å². The first kappa shape index (κ1) is 24.6. The van der Waals surface area contributed by atoms with Crippen LogP contribution in [0.5, 0.6) is 5.75 Å². The third-order valence-corrected chi connectivity index (χ3v) is 8.41. The van der Waals surface area contributed by atoms with Gasteiger partial charge in [0, 0.05) is 43.6 Å². The second-order valence-corrected chi connectivity index (χ2v) is 10.7. The number of nitrogens with one attached hydrogen (secondary N) is 1. The molecule has 8 nitrogen and oxygen atoms in total. The van der Waals surface area contributed by atoms with Gasteiger partial charge in [0.05, 0.1) is 5.56 Å². The molecule has 196 valence electrons. The van der Waals surface area contributed by atoms with Crippen LogP contribution in [0.1, 0.15) is 71.5 Å². The Labute approximate surface area is 220 Å². The number of piperidine rings is 1. The van der Waals surface area contributed by atoms with Crippen LogP contribution in [0.15, 0.2) is 36.4 Å². The van der Waals surface area contributed by atoms with Gasteiger partial charge in [-0.1, -0.05) is 12.5 Å². The molecule has 0 bridgehead atoms. The van der Waals surface area contributed by atoms with Crippen molar-refractivity contribution in [3.05, 3.63) is 64.5 Å². The third kappa shape index (κ3) is 4.43. The van der Waals surface area contributed by atoms with Crippen LogP contribution in [0.25, 0.3) is 0 Å². The molecule has 3 atom stereocenters. The largest absolute Gasteiger partial charge is 0.489 e. The number of ether oxygens (including phenoxy) is 1. The molecule has 1 aliphatic carbocycles. The molecular weight excluding hydrogens is 487 g/mol. The Morgan fingerprint density at radius 3 is 2.61 bits per heavy atom. The highest BCUT2D eigenvalue weighted by molar-refractivity contribution is 6.05. The molecule has 3 amide bonds. The van der Waals surface area contributed by atoms with Gasteiger partial charge >= 0.3 is 0 Å². The van der Waals surface area contributed by atoms with E-state index in [2.05, 4.69) is 10.2 Å². The summed E-state index contributed by atoms with van der Waals surface area (Å²) in [7, 11) is 0. The van der Waals surface area contributed by atoms with Crippen LogP contribution in [-0.2, 0) is 16.1 Å². The molecule has 0 radical (unpaired) electrons. The van der Waals surface area contributed by atoms with Gasteiger partial charge in [-0.05, 0) is 67.1 Å². The monoisotopic (exact) mass is 516 g/mol. The molecule has 2 unspecified atom stereocenters. The summed E-state index contributed by atoms with van der Waals surface area (Å²) in [4.78, 5) is 40.8. The molecule has 38 heavy (non-hydrogen) atoms. The number of amides is 3. The fourth-order valence-corrected chi connectivity index (χ4v) is 6.30. The Kier molecular flexibility index (Phi) is 6.36. The Bertz CT molecular complexity index is 1350. The van der Waals surface area contributed by atoms with Crippen molar-refractivity contribution in [3.8, 4) is 11.8 Å². The number of fused-ring (bicyclic) bond motifs is 1. The highest BCUT2D eigenvalue weighted by Gasteiger charge is 2.41. The van der Waals surface area contributed by atoms with Crippen LogP contribution < -0.4 is 10.1 Å². The summed E-state index contributed by atoms with van der Waals surface area (Å²) in [6, 6.07) is 11.9. The lowest BCUT2D eigenvalue weighted by Crippen LogP contribution is -2.57. The maximum Gasteiger partial charge on any atom is 0.255 e. The molecule has 2 aromatic carbocycles. The Hall–Kier alpha value is -3.77. The first-order chi connectivity index (χ1) is 18.4. The molecular formula is C29H29FN4O4. The van der Waals surface area contributed by atoms with Crippen LogP contribution in [0.3, 0.4) is 0 Å². The molecule has 9 heteroatoms. The number of hydrogen-bond acceptors (Lipinski definition) is 6. The number of imide groups is 1. The number of carbonyl (C=O) groups is 3. The van der Waals surface area contributed by atoms with Crippen molar-refractivity contribution in [2.24, 2.45) is 0 Å². The number of rotatable bonds is 5. The van der Waals surface area contributed by atoms with Gasteiger partial charge in [-0.15, -0.1) is 0 Å². The molecule has 0 spiro atoms. The van der Waals surface area contributed by atoms with Crippen molar-refractivity contribution in [1.29, 1.82) is 5.26 Å². The zero-order chi connectivity index (χ0) is 26.4. The number of benzene rings is 2. The van der Waals surface area contributed by atoms with E-state index < -0.39 is 17.8 Å². The van der Waals surface area contributed by atoms with E-state index in [1.165, 1.54) is 6.07 Å². The number of carbonyl (C=O) groups excluding carboxylic acids is 3. The van der Waals surface area contributed by atoms with Crippen molar-refractivity contribution in [2.45, 2.75) is 69.2 Å². The molecule has 2 saturated heterocycles. The first-order valence-electron chi connectivity index (χ1n) is 13.3. The summed E-state index contributed by atoms with van der Waals surface area (Å²) in [5.41, 5.74) is 2.40. The second-order valence-electron chi connectivity index (χ2n) is 10.7. The van der Waals surface area contributed by atoms with Gasteiger partial charge in [-0.3, -0.25) is 24.6 Å². The molecule has 4 aliphatic rings. The lowest BCUT2D eigenvalue weighted by atomic mass is 9.84. The smallest absolute Gasteiger partial charge is 0.255 e. The summed E-state index contributed by atoms with van der Waals surface area (Å²) in [5.74, 6) is -0.420. The molecule has 1 N–H and O–H groups in total. The number of halogens is 1. The van der Waals surface area contributed by atoms with Crippen LogP contribution in [-0.4, -0.2) is 58.8 Å². The highest BCUT2D eigenvalue weighted by Crippen LogP contribution is 2.37.